The molecule has 1 aliphatic heterocycles. The van der Waals surface area contributed by atoms with Crippen LogP contribution in [0.5, 0.6) is 0 Å². The van der Waals surface area contributed by atoms with Crippen molar-refractivity contribution in [2.75, 3.05) is 6.54 Å². The minimum absolute atomic E-state index is 0.172. The van der Waals surface area contributed by atoms with Gasteiger partial charge < -0.3 is 10.4 Å². The minimum atomic E-state index is -0.469. The number of nitrogens with one attached hydrogen (secondary N) is 1. The molecule has 0 radical (unpaired) electrons. The van der Waals surface area contributed by atoms with Gasteiger partial charge in [0.25, 0.3) is 0 Å². The molecule has 1 aromatic heterocycles. The summed E-state index contributed by atoms with van der Waals surface area (Å²) in [6.45, 7) is 0.995. The predicted molar refractivity (Wildman–Crippen MR) is 48.0 cm³/mol. The fourth-order valence-corrected chi connectivity index (χ4v) is 1.68. The lowest BCUT2D eigenvalue weighted by Crippen LogP contribution is -2.28. The Morgan fingerprint density at radius 3 is 2.85 bits per heavy atom. The fraction of sp³-hybridized carbons (Fsp3) is 0.556. The lowest BCUT2D eigenvalue weighted by atomic mass is 10.0. The van der Waals surface area contributed by atoms with Gasteiger partial charge in [-0.3, -0.25) is 0 Å². The van der Waals surface area contributed by atoms with Crippen LogP contribution in [0.15, 0.2) is 18.7 Å². The van der Waals surface area contributed by atoms with Gasteiger partial charge in [0.2, 0.25) is 0 Å². The van der Waals surface area contributed by atoms with Crippen LogP contribution in [-0.2, 0) is 0 Å². The Kier molecular flexibility index (Phi) is 2.52. The van der Waals surface area contributed by atoms with Crippen molar-refractivity contribution >= 4 is 0 Å². The number of rotatable bonds is 2. The van der Waals surface area contributed by atoms with Crippen molar-refractivity contribution in [1.29, 1.82) is 0 Å². The van der Waals surface area contributed by atoms with E-state index in [1.54, 1.807) is 12.4 Å². The van der Waals surface area contributed by atoms with Gasteiger partial charge in [-0.05, 0) is 19.4 Å². The van der Waals surface area contributed by atoms with E-state index in [2.05, 4.69) is 15.3 Å². The zero-order chi connectivity index (χ0) is 9.10. The molecule has 2 heterocycles. The Labute approximate surface area is 77.0 Å². The van der Waals surface area contributed by atoms with Gasteiger partial charge in [-0.2, -0.15) is 0 Å². The Balaban J connectivity index is 2.08. The summed E-state index contributed by atoms with van der Waals surface area (Å²) in [5, 5.41) is 13.1. The van der Waals surface area contributed by atoms with Crippen LogP contribution in [0.2, 0.25) is 0 Å². The maximum atomic E-state index is 9.88. The number of nitrogens with zero attached hydrogens (tertiary/aromatic N) is 2. The molecule has 0 amide bonds. The molecule has 1 aromatic rings. The third-order valence-electron chi connectivity index (χ3n) is 2.40. The third-order valence-corrected chi connectivity index (χ3v) is 2.40. The number of aliphatic hydroxyl groups excluding tert-OH is 1. The van der Waals surface area contributed by atoms with Crippen LogP contribution in [0.4, 0.5) is 0 Å². The second kappa shape index (κ2) is 3.81. The van der Waals surface area contributed by atoms with Crippen molar-refractivity contribution in [1.82, 2.24) is 15.3 Å². The van der Waals surface area contributed by atoms with Crippen molar-refractivity contribution in [2.24, 2.45) is 0 Å². The SMILES string of the molecule is OC(c1cncnc1)[C@@H]1CCCN1. The van der Waals surface area contributed by atoms with E-state index >= 15 is 0 Å². The molecule has 70 valence electrons. The molecule has 0 aromatic carbocycles. The molecular weight excluding hydrogens is 166 g/mol. The first kappa shape index (κ1) is 8.59. The Hall–Kier alpha value is -1.00. The first-order valence-corrected chi connectivity index (χ1v) is 4.54. The van der Waals surface area contributed by atoms with E-state index < -0.39 is 6.10 Å². The van der Waals surface area contributed by atoms with Gasteiger partial charge in [0.15, 0.2) is 0 Å². The maximum Gasteiger partial charge on any atom is 0.115 e. The molecule has 1 aliphatic rings. The summed E-state index contributed by atoms with van der Waals surface area (Å²) in [5.74, 6) is 0. The Morgan fingerprint density at radius 2 is 2.23 bits per heavy atom. The molecule has 1 saturated heterocycles. The smallest absolute Gasteiger partial charge is 0.115 e. The second-order valence-electron chi connectivity index (χ2n) is 3.32. The van der Waals surface area contributed by atoms with E-state index in [1.165, 1.54) is 6.33 Å². The predicted octanol–water partition coefficient (Wildman–Crippen LogP) is 0.262. The zero-order valence-electron chi connectivity index (χ0n) is 7.35. The average Bonchev–Trinajstić information content (AvgIpc) is 2.71. The van der Waals surface area contributed by atoms with Crippen molar-refractivity contribution in [3.8, 4) is 0 Å². The first-order valence-electron chi connectivity index (χ1n) is 4.54. The molecule has 0 saturated carbocycles. The highest BCUT2D eigenvalue weighted by Gasteiger charge is 2.23. The molecule has 0 spiro atoms. The lowest BCUT2D eigenvalue weighted by Gasteiger charge is -2.17. The number of aliphatic hydroxyl groups is 1. The molecular formula is C9H13N3O. The largest absolute Gasteiger partial charge is 0.387 e. The molecule has 2 rings (SSSR count). The van der Waals surface area contributed by atoms with Gasteiger partial charge in [0.05, 0.1) is 6.10 Å². The number of hydrogen-bond donors (Lipinski definition) is 2. The summed E-state index contributed by atoms with van der Waals surface area (Å²) in [5.41, 5.74) is 0.793. The summed E-state index contributed by atoms with van der Waals surface area (Å²) in [6.07, 6.45) is 6.49. The third kappa shape index (κ3) is 1.84. The van der Waals surface area contributed by atoms with Crippen molar-refractivity contribution in [3.63, 3.8) is 0 Å². The van der Waals surface area contributed by atoms with Crippen LogP contribution in [0.25, 0.3) is 0 Å². The quantitative estimate of drug-likeness (QED) is 0.684. The van der Waals surface area contributed by atoms with Gasteiger partial charge in [0.1, 0.15) is 6.33 Å². The molecule has 4 nitrogen and oxygen atoms in total. The molecule has 0 aliphatic carbocycles. The topological polar surface area (TPSA) is 58.0 Å². The molecule has 13 heavy (non-hydrogen) atoms. The maximum absolute atomic E-state index is 9.88. The molecule has 2 atom stereocenters. The van der Waals surface area contributed by atoms with Crippen molar-refractivity contribution < 1.29 is 5.11 Å². The van der Waals surface area contributed by atoms with E-state index in [0.717, 1.165) is 24.9 Å². The summed E-state index contributed by atoms with van der Waals surface area (Å²) >= 11 is 0. The minimum Gasteiger partial charge on any atom is -0.387 e. The standard InChI is InChI=1S/C9H13N3O/c13-9(8-2-1-3-12-8)7-4-10-6-11-5-7/h4-6,8-9,12-13H,1-3H2/t8-,9?/m0/s1. The van der Waals surface area contributed by atoms with Crippen LogP contribution in [0, 0.1) is 0 Å². The van der Waals surface area contributed by atoms with Crippen LogP contribution < -0.4 is 5.32 Å². The van der Waals surface area contributed by atoms with Crippen molar-refractivity contribution in [3.05, 3.63) is 24.3 Å². The van der Waals surface area contributed by atoms with E-state index in [-0.39, 0.29) is 6.04 Å². The second-order valence-corrected chi connectivity index (χ2v) is 3.32. The van der Waals surface area contributed by atoms with E-state index in [0.29, 0.717) is 0 Å². The average molecular weight is 179 g/mol. The highest BCUT2D eigenvalue weighted by molar-refractivity contribution is 5.10. The molecule has 1 fully saturated rings. The van der Waals surface area contributed by atoms with Crippen LogP contribution in [-0.4, -0.2) is 27.7 Å². The molecule has 1 unspecified atom stereocenters. The molecule has 4 heteroatoms. The van der Waals surface area contributed by atoms with E-state index in [1.807, 2.05) is 0 Å². The van der Waals surface area contributed by atoms with Gasteiger partial charge in [-0.1, -0.05) is 0 Å². The highest BCUT2D eigenvalue weighted by atomic mass is 16.3. The van der Waals surface area contributed by atoms with Gasteiger partial charge in [0, 0.05) is 24.0 Å². The summed E-state index contributed by atoms with van der Waals surface area (Å²) < 4.78 is 0. The van der Waals surface area contributed by atoms with Gasteiger partial charge in [-0.15, -0.1) is 0 Å². The molecule has 0 bridgehead atoms. The van der Waals surface area contributed by atoms with E-state index in [4.69, 9.17) is 0 Å². The van der Waals surface area contributed by atoms with E-state index in [9.17, 15) is 5.11 Å². The lowest BCUT2D eigenvalue weighted by molar-refractivity contribution is 0.136. The first-order chi connectivity index (χ1) is 6.38. The summed E-state index contributed by atoms with van der Waals surface area (Å²) in [4.78, 5) is 7.76. The summed E-state index contributed by atoms with van der Waals surface area (Å²) in [7, 11) is 0. The highest BCUT2D eigenvalue weighted by Crippen LogP contribution is 2.21. The zero-order valence-corrected chi connectivity index (χ0v) is 7.35. The fourth-order valence-electron chi connectivity index (χ4n) is 1.68. The number of aromatic nitrogens is 2. The molecule has 2 N–H and O–H groups in total. The Morgan fingerprint density at radius 1 is 1.46 bits per heavy atom. The van der Waals surface area contributed by atoms with Crippen molar-refractivity contribution in [2.45, 2.75) is 25.0 Å². The number of hydrogen-bond acceptors (Lipinski definition) is 4. The normalized spacial score (nSPS) is 24.5. The van der Waals surface area contributed by atoms with Crippen LogP contribution in [0.3, 0.4) is 0 Å². The van der Waals surface area contributed by atoms with Gasteiger partial charge >= 0.3 is 0 Å². The monoisotopic (exact) mass is 179 g/mol. The Bertz CT molecular complexity index is 259. The van der Waals surface area contributed by atoms with Crippen LogP contribution in [0.1, 0.15) is 24.5 Å². The summed E-state index contributed by atoms with van der Waals surface area (Å²) in [6, 6.07) is 0.172. The van der Waals surface area contributed by atoms with Crippen LogP contribution >= 0.6 is 0 Å². The van der Waals surface area contributed by atoms with Gasteiger partial charge in [-0.25, -0.2) is 9.97 Å².